The third-order valence-electron chi connectivity index (χ3n) is 3.09. The van der Waals surface area contributed by atoms with E-state index < -0.39 is 0 Å². The number of anilines is 2. The van der Waals surface area contributed by atoms with Gasteiger partial charge in [-0.15, -0.1) is 0 Å². The van der Waals surface area contributed by atoms with Gasteiger partial charge in [-0.1, -0.05) is 17.3 Å². The molecule has 0 aliphatic rings. The number of nitrogens with one attached hydrogen (secondary N) is 1. The molecule has 0 atom stereocenters. The number of nitrogens with zero attached hydrogens (tertiary/aromatic N) is 3. The van der Waals surface area contributed by atoms with Crippen LogP contribution in [0.25, 0.3) is 0 Å². The molecule has 4 N–H and O–H groups in total. The van der Waals surface area contributed by atoms with E-state index in [-0.39, 0.29) is 5.84 Å². The summed E-state index contributed by atoms with van der Waals surface area (Å²) in [7, 11) is 3.99. The summed E-state index contributed by atoms with van der Waals surface area (Å²) >= 11 is 0. The maximum absolute atomic E-state index is 8.79. The summed E-state index contributed by atoms with van der Waals surface area (Å²) in [5.41, 5.74) is 9.09. The van der Waals surface area contributed by atoms with Gasteiger partial charge in [0, 0.05) is 43.8 Å². The van der Waals surface area contributed by atoms with Crippen LogP contribution in [0.2, 0.25) is 0 Å². The van der Waals surface area contributed by atoms with Gasteiger partial charge < -0.3 is 21.2 Å². The zero-order chi connectivity index (χ0) is 15.2. The molecule has 0 radical (unpaired) electrons. The van der Waals surface area contributed by atoms with Crippen molar-refractivity contribution in [1.29, 1.82) is 0 Å². The average Bonchev–Trinajstić information content (AvgIpc) is 2.52. The van der Waals surface area contributed by atoms with Crippen LogP contribution in [0.3, 0.4) is 0 Å². The first-order valence-corrected chi connectivity index (χ1v) is 6.55. The van der Waals surface area contributed by atoms with E-state index >= 15 is 0 Å². The quantitative estimate of drug-likeness (QED) is 0.338. The van der Waals surface area contributed by atoms with Crippen molar-refractivity contribution in [2.75, 3.05) is 24.3 Å². The normalized spacial score (nSPS) is 11.2. The van der Waals surface area contributed by atoms with Gasteiger partial charge in [0.05, 0.1) is 0 Å². The molecule has 2 aromatic rings. The monoisotopic (exact) mass is 285 g/mol. The summed E-state index contributed by atoms with van der Waals surface area (Å²) in [6.45, 7) is 0.538. The van der Waals surface area contributed by atoms with Crippen molar-refractivity contribution < 1.29 is 5.21 Å². The second-order valence-corrected chi connectivity index (χ2v) is 4.79. The molecule has 0 saturated heterocycles. The second kappa shape index (κ2) is 6.60. The minimum Gasteiger partial charge on any atom is -0.409 e. The standard InChI is InChI=1S/C15H19N5O/c1-20(2)13-7-3-6-12(9-13)18-10-11-5-4-8-17-14(11)15(16)19-21/h3-9,18,21H,10H2,1-2H3,(H2,16,19). The number of aromatic nitrogens is 1. The van der Waals surface area contributed by atoms with Crippen molar-refractivity contribution in [3.8, 4) is 0 Å². The van der Waals surface area contributed by atoms with Crippen LogP contribution >= 0.6 is 0 Å². The van der Waals surface area contributed by atoms with Crippen LogP contribution in [0.1, 0.15) is 11.3 Å². The fourth-order valence-corrected chi connectivity index (χ4v) is 1.95. The fourth-order valence-electron chi connectivity index (χ4n) is 1.95. The predicted molar refractivity (Wildman–Crippen MR) is 84.8 cm³/mol. The third-order valence-corrected chi connectivity index (χ3v) is 3.09. The van der Waals surface area contributed by atoms with Crippen LogP contribution in [-0.4, -0.2) is 30.1 Å². The summed E-state index contributed by atoms with van der Waals surface area (Å²) < 4.78 is 0. The van der Waals surface area contributed by atoms with Gasteiger partial charge in [0.2, 0.25) is 0 Å². The number of rotatable bonds is 5. The van der Waals surface area contributed by atoms with Crippen LogP contribution in [0.5, 0.6) is 0 Å². The van der Waals surface area contributed by atoms with Crippen molar-refractivity contribution in [2.24, 2.45) is 10.9 Å². The molecule has 0 saturated carbocycles. The van der Waals surface area contributed by atoms with Crippen molar-refractivity contribution in [2.45, 2.75) is 6.54 Å². The average molecular weight is 285 g/mol. The molecule has 1 heterocycles. The van der Waals surface area contributed by atoms with E-state index in [1.54, 1.807) is 6.20 Å². The van der Waals surface area contributed by atoms with Gasteiger partial charge in [-0.25, -0.2) is 0 Å². The van der Waals surface area contributed by atoms with E-state index in [1.165, 1.54) is 0 Å². The topological polar surface area (TPSA) is 86.8 Å². The number of amidine groups is 1. The van der Waals surface area contributed by atoms with Gasteiger partial charge in [-0.2, -0.15) is 0 Å². The minimum atomic E-state index is 0.00874. The summed E-state index contributed by atoms with van der Waals surface area (Å²) in [6, 6.07) is 11.8. The largest absolute Gasteiger partial charge is 0.409 e. The Labute approximate surface area is 123 Å². The highest BCUT2D eigenvalue weighted by molar-refractivity contribution is 5.96. The van der Waals surface area contributed by atoms with Gasteiger partial charge in [-0.3, -0.25) is 4.98 Å². The van der Waals surface area contributed by atoms with Gasteiger partial charge in [0.15, 0.2) is 5.84 Å². The lowest BCUT2D eigenvalue weighted by atomic mass is 10.1. The van der Waals surface area contributed by atoms with E-state index in [9.17, 15) is 0 Å². The minimum absolute atomic E-state index is 0.00874. The number of benzene rings is 1. The van der Waals surface area contributed by atoms with Crippen LogP contribution in [0.4, 0.5) is 11.4 Å². The summed E-state index contributed by atoms with van der Waals surface area (Å²) in [5.74, 6) is 0.00874. The van der Waals surface area contributed by atoms with Crippen LogP contribution in [0.15, 0.2) is 47.8 Å². The lowest BCUT2D eigenvalue weighted by Gasteiger charge is -2.15. The molecule has 0 aliphatic heterocycles. The molecule has 1 aromatic heterocycles. The highest BCUT2D eigenvalue weighted by Gasteiger charge is 2.08. The molecule has 110 valence electrons. The van der Waals surface area contributed by atoms with Gasteiger partial charge in [0.25, 0.3) is 0 Å². The smallest absolute Gasteiger partial charge is 0.189 e. The first kappa shape index (κ1) is 14.6. The molecule has 6 heteroatoms. The van der Waals surface area contributed by atoms with Gasteiger partial charge in [0.1, 0.15) is 5.69 Å². The zero-order valence-corrected chi connectivity index (χ0v) is 12.1. The van der Waals surface area contributed by atoms with Crippen LogP contribution < -0.4 is 16.0 Å². The molecule has 1 aromatic carbocycles. The lowest BCUT2D eigenvalue weighted by Crippen LogP contribution is -2.18. The molecular formula is C15H19N5O. The molecule has 0 spiro atoms. The Hall–Kier alpha value is -2.76. The Kier molecular flexibility index (Phi) is 4.61. The number of hydrogen-bond donors (Lipinski definition) is 3. The maximum Gasteiger partial charge on any atom is 0.189 e. The number of oxime groups is 1. The molecule has 2 rings (SSSR count). The first-order valence-electron chi connectivity index (χ1n) is 6.55. The summed E-state index contributed by atoms with van der Waals surface area (Å²) in [6.07, 6.45) is 1.61. The molecule has 0 amide bonds. The summed E-state index contributed by atoms with van der Waals surface area (Å²) in [5, 5.41) is 15.1. The molecule has 0 fully saturated rings. The molecule has 6 nitrogen and oxygen atoms in total. The zero-order valence-electron chi connectivity index (χ0n) is 12.1. The Morgan fingerprint density at radius 1 is 1.33 bits per heavy atom. The Morgan fingerprint density at radius 2 is 2.14 bits per heavy atom. The van der Waals surface area contributed by atoms with Crippen LogP contribution in [0, 0.1) is 0 Å². The Morgan fingerprint density at radius 3 is 2.86 bits per heavy atom. The van der Waals surface area contributed by atoms with Crippen molar-refractivity contribution in [3.63, 3.8) is 0 Å². The fraction of sp³-hybridized carbons (Fsp3) is 0.200. The van der Waals surface area contributed by atoms with E-state index in [1.807, 2.05) is 49.3 Å². The van der Waals surface area contributed by atoms with Gasteiger partial charge in [-0.05, 0) is 24.3 Å². The van der Waals surface area contributed by atoms with E-state index in [0.717, 1.165) is 16.9 Å². The highest BCUT2D eigenvalue weighted by atomic mass is 16.4. The number of nitrogens with two attached hydrogens (primary N) is 1. The molecule has 21 heavy (non-hydrogen) atoms. The number of hydrogen-bond acceptors (Lipinski definition) is 5. The maximum atomic E-state index is 8.79. The molecule has 0 unspecified atom stereocenters. The van der Waals surface area contributed by atoms with E-state index in [2.05, 4.69) is 21.5 Å². The molecule has 0 bridgehead atoms. The van der Waals surface area contributed by atoms with Crippen molar-refractivity contribution in [3.05, 3.63) is 53.9 Å². The second-order valence-electron chi connectivity index (χ2n) is 4.79. The summed E-state index contributed by atoms with van der Waals surface area (Å²) in [4.78, 5) is 6.18. The number of pyridine rings is 1. The van der Waals surface area contributed by atoms with Crippen LogP contribution in [-0.2, 0) is 6.54 Å². The van der Waals surface area contributed by atoms with Crippen molar-refractivity contribution >= 4 is 17.2 Å². The Balaban J connectivity index is 2.15. The van der Waals surface area contributed by atoms with Gasteiger partial charge >= 0.3 is 0 Å². The first-order chi connectivity index (χ1) is 10.1. The SMILES string of the molecule is CN(C)c1cccc(NCc2cccnc2/C(N)=N/O)c1. The van der Waals surface area contributed by atoms with Crippen molar-refractivity contribution in [1.82, 2.24) is 4.98 Å². The molecule has 0 aliphatic carbocycles. The Bertz CT molecular complexity index is 639. The van der Waals surface area contributed by atoms with E-state index in [4.69, 9.17) is 10.9 Å². The predicted octanol–water partition coefficient (Wildman–Crippen LogP) is 1.85. The highest BCUT2D eigenvalue weighted by Crippen LogP contribution is 2.18. The third kappa shape index (κ3) is 3.62. The molecular weight excluding hydrogens is 266 g/mol. The van der Waals surface area contributed by atoms with E-state index in [0.29, 0.717) is 12.2 Å². The lowest BCUT2D eigenvalue weighted by molar-refractivity contribution is 0.318.